The van der Waals surface area contributed by atoms with Crippen LogP contribution in [0.2, 0.25) is 0 Å². The first kappa shape index (κ1) is 9.96. The van der Waals surface area contributed by atoms with E-state index in [1.54, 1.807) is 6.20 Å². The number of hydrogen-bond acceptors (Lipinski definition) is 3. The van der Waals surface area contributed by atoms with E-state index in [9.17, 15) is 4.79 Å². The van der Waals surface area contributed by atoms with Crippen LogP contribution in [0.4, 0.5) is 5.82 Å². The molecule has 4 heteroatoms. The number of anilines is 1. The molecule has 4 nitrogen and oxygen atoms in total. The van der Waals surface area contributed by atoms with Crippen molar-refractivity contribution in [2.45, 2.75) is 12.8 Å². The molecule has 1 aromatic rings. The van der Waals surface area contributed by atoms with Crippen molar-refractivity contribution in [2.75, 3.05) is 18.4 Å². The fourth-order valence-corrected chi connectivity index (χ4v) is 1.33. The fourth-order valence-electron chi connectivity index (χ4n) is 1.33. The third-order valence-corrected chi connectivity index (χ3v) is 2.34. The van der Waals surface area contributed by atoms with Gasteiger partial charge in [0.05, 0.1) is 0 Å². The maximum atomic E-state index is 11.3. The molecule has 0 aromatic carbocycles. The van der Waals surface area contributed by atoms with E-state index in [-0.39, 0.29) is 5.91 Å². The van der Waals surface area contributed by atoms with Gasteiger partial charge in [-0.25, -0.2) is 4.98 Å². The summed E-state index contributed by atoms with van der Waals surface area (Å²) in [4.78, 5) is 15.4. The van der Waals surface area contributed by atoms with Crippen molar-refractivity contribution in [3.63, 3.8) is 0 Å². The van der Waals surface area contributed by atoms with Crippen molar-refractivity contribution < 1.29 is 4.79 Å². The number of nitrogens with one attached hydrogen (secondary N) is 2. The number of pyridine rings is 1. The van der Waals surface area contributed by atoms with E-state index in [0.717, 1.165) is 25.2 Å². The second kappa shape index (κ2) is 4.77. The van der Waals surface area contributed by atoms with Gasteiger partial charge in [-0.3, -0.25) is 4.79 Å². The summed E-state index contributed by atoms with van der Waals surface area (Å²) in [5, 5.41) is 6.02. The van der Waals surface area contributed by atoms with Crippen molar-refractivity contribution in [1.29, 1.82) is 0 Å². The molecule has 1 heterocycles. The van der Waals surface area contributed by atoms with Gasteiger partial charge in [0.1, 0.15) is 5.82 Å². The molecule has 80 valence electrons. The molecule has 2 rings (SSSR count). The second-order valence-corrected chi connectivity index (χ2v) is 3.71. The number of amides is 1. The summed E-state index contributed by atoms with van der Waals surface area (Å²) >= 11 is 0. The van der Waals surface area contributed by atoms with Crippen LogP contribution in [0.1, 0.15) is 12.8 Å². The molecule has 1 amide bonds. The fraction of sp³-hybridized carbons (Fsp3) is 0.455. The molecule has 0 atom stereocenters. The summed E-state index contributed by atoms with van der Waals surface area (Å²) < 4.78 is 0. The minimum absolute atomic E-state index is 0.192. The molecule has 0 saturated heterocycles. The monoisotopic (exact) mass is 205 g/mol. The molecule has 0 aliphatic heterocycles. The van der Waals surface area contributed by atoms with Gasteiger partial charge in [0.2, 0.25) is 5.91 Å². The minimum atomic E-state index is 0.192. The Morgan fingerprint density at radius 3 is 2.93 bits per heavy atom. The SMILES string of the molecule is O=C(NCCNc1ccccn1)C1CC1. The van der Waals surface area contributed by atoms with Gasteiger partial charge in [-0.15, -0.1) is 0 Å². The minimum Gasteiger partial charge on any atom is -0.368 e. The Hall–Kier alpha value is -1.58. The van der Waals surface area contributed by atoms with Gasteiger partial charge in [0.25, 0.3) is 0 Å². The third kappa shape index (κ3) is 3.23. The van der Waals surface area contributed by atoms with Crippen molar-refractivity contribution in [3.8, 4) is 0 Å². The average molecular weight is 205 g/mol. The summed E-state index contributed by atoms with van der Waals surface area (Å²) in [6.45, 7) is 1.38. The molecule has 1 aliphatic rings. The van der Waals surface area contributed by atoms with E-state index in [4.69, 9.17) is 0 Å². The molecule has 1 aromatic heterocycles. The molecule has 1 fully saturated rings. The second-order valence-electron chi connectivity index (χ2n) is 3.71. The van der Waals surface area contributed by atoms with E-state index < -0.39 is 0 Å². The van der Waals surface area contributed by atoms with Crippen LogP contribution in [0.3, 0.4) is 0 Å². The molecule has 1 aliphatic carbocycles. The Balaban J connectivity index is 1.60. The van der Waals surface area contributed by atoms with E-state index in [0.29, 0.717) is 12.5 Å². The molecule has 2 N–H and O–H groups in total. The zero-order valence-electron chi connectivity index (χ0n) is 8.57. The quantitative estimate of drug-likeness (QED) is 0.706. The standard InChI is InChI=1S/C11H15N3O/c15-11(9-4-5-9)14-8-7-13-10-3-1-2-6-12-10/h1-3,6,9H,4-5,7-8H2,(H,12,13)(H,14,15). The number of carbonyl (C=O) groups is 1. The lowest BCUT2D eigenvalue weighted by atomic mass is 10.4. The van der Waals surface area contributed by atoms with E-state index >= 15 is 0 Å². The molecule has 0 radical (unpaired) electrons. The summed E-state index contributed by atoms with van der Waals surface area (Å²) in [6.07, 6.45) is 3.85. The molecule has 1 saturated carbocycles. The van der Waals surface area contributed by atoms with Crippen LogP contribution >= 0.6 is 0 Å². The number of nitrogens with zero attached hydrogens (tertiary/aromatic N) is 1. The Labute approximate surface area is 89.1 Å². The van der Waals surface area contributed by atoms with Crippen molar-refractivity contribution in [1.82, 2.24) is 10.3 Å². The Kier molecular flexibility index (Phi) is 3.17. The lowest BCUT2D eigenvalue weighted by Crippen LogP contribution is -2.29. The number of rotatable bonds is 5. The van der Waals surface area contributed by atoms with Gasteiger partial charge in [-0.2, -0.15) is 0 Å². The highest BCUT2D eigenvalue weighted by Crippen LogP contribution is 2.28. The Bertz CT molecular complexity index is 322. The molecule has 0 spiro atoms. The largest absolute Gasteiger partial charge is 0.368 e. The van der Waals surface area contributed by atoms with Gasteiger partial charge in [-0.1, -0.05) is 6.07 Å². The smallest absolute Gasteiger partial charge is 0.223 e. The third-order valence-electron chi connectivity index (χ3n) is 2.34. The maximum absolute atomic E-state index is 11.3. The van der Waals surface area contributed by atoms with Crippen LogP contribution < -0.4 is 10.6 Å². The molecular weight excluding hydrogens is 190 g/mol. The zero-order chi connectivity index (χ0) is 10.5. The first-order valence-corrected chi connectivity index (χ1v) is 5.29. The van der Waals surface area contributed by atoms with Crippen LogP contribution in [0.25, 0.3) is 0 Å². The van der Waals surface area contributed by atoms with Gasteiger partial charge < -0.3 is 10.6 Å². The van der Waals surface area contributed by atoms with E-state index in [1.807, 2.05) is 18.2 Å². The van der Waals surface area contributed by atoms with E-state index in [1.165, 1.54) is 0 Å². The predicted octanol–water partition coefficient (Wildman–Crippen LogP) is 1.02. The Morgan fingerprint density at radius 1 is 1.40 bits per heavy atom. The van der Waals surface area contributed by atoms with Gasteiger partial charge in [-0.05, 0) is 25.0 Å². The summed E-state index contributed by atoms with van der Waals surface area (Å²) in [5.74, 6) is 1.33. The van der Waals surface area contributed by atoms with Crippen LogP contribution in [0.15, 0.2) is 24.4 Å². The van der Waals surface area contributed by atoms with Crippen LogP contribution in [-0.4, -0.2) is 24.0 Å². The Morgan fingerprint density at radius 2 is 2.27 bits per heavy atom. The lowest BCUT2D eigenvalue weighted by molar-refractivity contribution is -0.122. The molecule has 0 unspecified atom stereocenters. The summed E-state index contributed by atoms with van der Waals surface area (Å²) in [6, 6.07) is 5.71. The van der Waals surface area contributed by atoms with Crippen molar-refractivity contribution in [2.24, 2.45) is 5.92 Å². The maximum Gasteiger partial charge on any atom is 0.223 e. The van der Waals surface area contributed by atoms with Gasteiger partial charge in [0, 0.05) is 25.2 Å². The van der Waals surface area contributed by atoms with Crippen LogP contribution in [-0.2, 0) is 4.79 Å². The molecule has 15 heavy (non-hydrogen) atoms. The first-order valence-electron chi connectivity index (χ1n) is 5.29. The van der Waals surface area contributed by atoms with E-state index in [2.05, 4.69) is 15.6 Å². The average Bonchev–Trinajstić information content (AvgIpc) is 3.09. The highest BCUT2D eigenvalue weighted by molar-refractivity contribution is 5.80. The molecule has 0 bridgehead atoms. The topological polar surface area (TPSA) is 54.0 Å². The van der Waals surface area contributed by atoms with Crippen LogP contribution in [0.5, 0.6) is 0 Å². The summed E-state index contributed by atoms with van der Waals surface area (Å²) in [7, 11) is 0. The zero-order valence-corrected chi connectivity index (χ0v) is 8.57. The number of carbonyl (C=O) groups excluding carboxylic acids is 1. The number of aromatic nitrogens is 1. The first-order chi connectivity index (χ1) is 7.36. The van der Waals surface area contributed by atoms with Gasteiger partial charge >= 0.3 is 0 Å². The molecular formula is C11H15N3O. The highest BCUT2D eigenvalue weighted by Gasteiger charge is 2.28. The normalized spacial score (nSPS) is 14.7. The highest BCUT2D eigenvalue weighted by atomic mass is 16.2. The van der Waals surface area contributed by atoms with Crippen molar-refractivity contribution in [3.05, 3.63) is 24.4 Å². The van der Waals surface area contributed by atoms with Crippen molar-refractivity contribution >= 4 is 11.7 Å². The van der Waals surface area contributed by atoms with Crippen LogP contribution in [0, 0.1) is 5.92 Å². The predicted molar refractivity (Wildman–Crippen MR) is 58.5 cm³/mol. The number of hydrogen-bond donors (Lipinski definition) is 2. The summed E-state index contributed by atoms with van der Waals surface area (Å²) in [5.41, 5.74) is 0. The lowest BCUT2D eigenvalue weighted by Gasteiger charge is -2.06. The van der Waals surface area contributed by atoms with Gasteiger partial charge in [0.15, 0.2) is 0 Å².